The molecule has 0 aromatic heterocycles. The summed E-state index contributed by atoms with van der Waals surface area (Å²) >= 11 is 0. The van der Waals surface area contributed by atoms with E-state index >= 15 is 0 Å². The maximum absolute atomic E-state index is 6.52. The van der Waals surface area contributed by atoms with Gasteiger partial charge in [0.05, 0.1) is 22.0 Å². The summed E-state index contributed by atoms with van der Waals surface area (Å²) in [5.74, 6) is 0. The van der Waals surface area contributed by atoms with E-state index < -0.39 is 29.2 Å². The number of rotatable bonds is 5. The molecule has 0 saturated carbocycles. The van der Waals surface area contributed by atoms with Crippen LogP contribution in [0.4, 0.5) is 0 Å². The predicted molar refractivity (Wildman–Crippen MR) is 231 cm³/mol. The summed E-state index contributed by atoms with van der Waals surface area (Å²) in [6.45, 7) is 15.0. The van der Waals surface area contributed by atoms with E-state index in [0.717, 1.165) is 5.46 Å². The van der Waals surface area contributed by atoms with Gasteiger partial charge in [-0.1, -0.05) is 162 Å². The van der Waals surface area contributed by atoms with Crippen molar-refractivity contribution in [2.24, 2.45) is 0 Å². The van der Waals surface area contributed by atoms with Crippen LogP contribution in [0.1, 0.15) is 88.9 Å². The van der Waals surface area contributed by atoms with E-state index in [2.05, 4.69) is 206 Å². The van der Waals surface area contributed by atoms with Crippen LogP contribution in [0.2, 0.25) is 0 Å². The van der Waals surface area contributed by atoms with Crippen molar-refractivity contribution in [2.45, 2.75) is 70.5 Å². The van der Waals surface area contributed by atoms with Gasteiger partial charge < -0.3 is 9.31 Å². The van der Waals surface area contributed by atoms with Crippen LogP contribution in [0.3, 0.4) is 0 Å². The molecule has 1 unspecified atom stereocenters. The minimum atomic E-state index is -0.559. The van der Waals surface area contributed by atoms with Crippen molar-refractivity contribution in [3.8, 4) is 22.3 Å². The Balaban J connectivity index is 1.27. The van der Waals surface area contributed by atoms with E-state index in [0.29, 0.717) is 0 Å². The highest BCUT2D eigenvalue weighted by molar-refractivity contribution is 6.62. The lowest BCUT2D eigenvalue weighted by Crippen LogP contribution is -2.41. The van der Waals surface area contributed by atoms with Crippen LogP contribution in [0.25, 0.3) is 22.3 Å². The molecule has 0 radical (unpaired) electrons. The van der Waals surface area contributed by atoms with Crippen molar-refractivity contribution in [1.29, 1.82) is 0 Å². The molecule has 2 nitrogen and oxygen atoms in total. The zero-order valence-corrected chi connectivity index (χ0v) is 33.4. The second-order valence-corrected chi connectivity index (χ2v) is 17.3. The van der Waals surface area contributed by atoms with E-state index in [1.165, 1.54) is 83.5 Å². The molecule has 10 rings (SSSR count). The summed E-state index contributed by atoms with van der Waals surface area (Å²) in [7, 11) is -0.427. The Kier molecular flexibility index (Phi) is 7.66. The van der Waals surface area contributed by atoms with Crippen LogP contribution in [0.15, 0.2) is 158 Å². The summed E-state index contributed by atoms with van der Waals surface area (Å²) in [4.78, 5) is 0. The minimum absolute atomic E-state index is 0.411. The average molecular weight is 727 g/mol. The molecule has 7 aromatic rings. The number of fused-ring (bicyclic) bond motifs is 6. The van der Waals surface area contributed by atoms with Crippen LogP contribution in [0.5, 0.6) is 0 Å². The predicted octanol–water partition coefficient (Wildman–Crippen LogP) is 11.6. The molecule has 1 saturated heterocycles. The lowest BCUT2D eigenvalue weighted by Gasteiger charge is -2.36. The van der Waals surface area contributed by atoms with Gasteiger partial charge in [-0.25, -0.2) is 0 Å². The standard InChI is InChI=1S/C53H47BO2/c1-34-16-22-37(23-17-34)52(38-24-18-35(2)19-25-38)46-14-10-8-12-42(46)44-33-49-45(32-48(44)52)43-13-9-11-15-47(43)53(49,39-26-20-36(3)21-27-39)40-28-30-41(31-29-40)54-55-50(4,5)51(6,7)56-54/h8-33H,1-7H3. The van der Waals surface area contributed by atoms with Crippen LogP contribution < -0.4 is 5.46 Å². The molecular formula is C53H47BO2. The molecule has 0 spiro atoms. The van der Waals surface area contributed by atoms with Crippen molar-refractivity contribution in [2.75, 3.05) is 0 Å². The second-order valence-electron chi connectivity index (χ2n) is 17.3. The van der Waals surface area contributed by atoms with Crippen molar-refractivity contribution < 1.29 is 9.31 Å². The first-order chi connectivity index (χ1) is 26.9. The Morgan fingerprint density at radius 3 is 1.04 bits per heavy atom. The van der Waals surface area contributed by atoms with E-state index in [1.807, 2.05) is 0 Å². The average Bonchev–Trinajstić information content (AvgIpc) is 3.74. The topological polar surface area (TPSA) is 18.5 Å². The van der Waals surface area contributed by atoms with Gasteiger partial charge in [-0.15, -0.1) is 0 Å². The van der Waals surface area contributed by atoms with E-state index in [4.69, 9.17) is 9.31 Å². The lowest BCUT2D eigenvalue weighted by molar-refractivity contribution is 0.00578. The van der Waals surface area contributed by atoms with E-state index in [1.54, 1.807) is 0 Å². The SMILES string of the molecule is Cc1ccc(C2(c3ccc(C)cc3)c3ccccc3-c3cc4c(cc32)-c2ccccc2C4(c2ccc(C)cc2)c2ccc(B3OC(C)(C)C(C)(C)O3)cc2)cc1. The number of hydrogen-bond acceptors (Lipinski definition) is 2. The Labute approximate surface area is 332 Å². The van der Waals surface area contributed by atoms with Crippen LogP contribution in [0, 0.1) is 20.8 Å². The molecule has 0 N–H and O–H groups in total. The zero-order chi connectivity index (χ0) is 38.6. The molecule has 1 atom stereocenters. The molecule has 3 aliphatic rings. The Hall–Kier alpha value is -5.48. The van der Waals surface area contributed by atoms with E-state index in [9.17, 15) is 0 Å². The van der Waals surface area contributed by atoms with Crippen LogP contribution in [-0.2, 0) is 20.1 Å². The number of hydrogen-bond donors (Lipinski definition) is 0. The Morgan fingerprint density at radius 2 is 0.679 bits per heavy atom. The van der Waals surface area contributed by atoms with Gasteiger partial charge in [-0.3, -0.25) is 0 Å². The monoisotopic (exact) mass is 726 g/mol. The molecule has 3 heteroatoms. The minimum Gasteiger partial charge on any atom is -0.399 e. The molecule has 7 aromatic carbocycles. The summed E-state index contributed by atoms with van der Waals surface area (Å²) in [5.41, 5.74) is 18.4. The summed E-state index contributed by atoms with van der Waals surface area (Å²) in [6, 6.07) is 60.0. The maximum Gasteiger partial charge on any atom is 0.494 e. The quantitative estimate of drug-likeness (QED) is 0.164. The zero-order valence-electron chi connectivity index (χ0n) is 33.4. The van der Waals surface area contributed by atoms with Gasteiger partial charge in [-0.2, -0.15) is 0 Å². The van der Waals surface area contributed by atoms with E-state index in [-0.39, 0.29) is 0 Å². The molecule has 1 heterocycles. The molecule has 56 heavy (non-hydrogen) atoms. The van der Waals surface area contributed by atoms with Gasteiger partial charge in [0.1, 0.15) is 0 Å². The second kappa shape index (κ2) is 12.3. The first kappa shape index (κ1) is 35.0. The van der Waals surface area contributed by atoms with Gasteiger partial charge in [0.2, 0.25) is 0 Å². The highest BCUT2D eigenvalue weighted by atomic mass is 16.7. The fourth-order valence-corrected chi connectivity index (χ4v) is 9.90. The van der Waals surface area contributed by atoms with Crippen LogP contribution >= 0.6 is 0 Å². The smallest absolute Gasteiger partial charge is 0.399 e. The molecular weight excluding hydrogens is 679 g/mol. The highest BCUT2D eigenvalue weighted by Gasteiger charge is 2.53. The summed E-state index contributed by atoms with van der Waals surface area (Å²) < 4.78 is 13.0. The van der Waals surface area contributed by atoms with Crippen molar-refractivity contribution in [3.63, 3.8) is 0 Å². The third kappa shape index (κ3) is 4.77. The van der Waals surface area contributed by atoms with Gasteiger partial charge >= 0.3 is 7.12 Å². The summed E-state index contributed by atoms with van der Waals surface area (Å²) in [6.07, 6.45) is 0. The fraction of sp³-hybridized carbons (Fsp3) is 0.208. The molecule has 274 valence electrons. The molecule has 0 amide bonds. The largest absolute Gasteiger partial charge is 0.494 e. The molecule has 1 aliphatic heterocycles. The van der Waals surface area contributed by atoms with Crippen molar-refractivity contribution in [1.82, 2.24) is 0 Å². The van der Waals surface area contributed by atoms with Crippen molar-refractivity contribution >= 4 is 12.6 Å². The van der Waals surface area contributed by atoms with Crippen LogP contribution in [-0.4, -0.2) is 18.3 Å². The van der Waals surface area contributed by atoms with Crippen molar-refractivity contribution in [3.05, 3.63) is 219 Å². The fourth-order valence-electron chi connectivity index (χ4n) is 9.90. The lowest BCUT2D eigenvalue weighted by atomic mass is 9.65. The first-order valence-corrected chi connectivity index (χ1v) is 20.0. The molecule has 1 fully saturated rings. The highest BCUT2D eigenvalue weighted by Crippen LogP contribution is 2.62. The number of aryl methyl sites for hydroxylation is 3. The molecule has 0 bridgehead atoms. The van der Waals surface area contributed by atoms with Gasteiger partial charge in [0.15, 0.2) is 0 Å². The van der Waals surface area contributed by atoms with Gasteiger partial charge in [-0.05, 0) is 133 Å². The van der Waals surface area contributed by atoms with Gasteiger partial charge in [0, 0.05) is 0 Å². The summed E-state index contributed by atoms with van der Waals surface area (Å²) in [5, 5.41) is 0. The first-order valence-electron chi connectivity index (χ1n) is 20.0. The number of benzene rings is 7. The maximum atomic E-state index is 6.52. The normalized spacial score (nSPS) is 19.3. The third-order valence-corrected chi connectivity index (χ3v) is 13.5. The Morgan fingerprint density at radius 1 is 0.357 bits per heavy atom. The molecule has 2 aliphatic carbocycles. The third-order valence-electron chi connectivity index (χ3n) is 13.5. The van der Waals surface area contributed by atoms with Gasteiger partial charge in [0.25, 0.3) is 0 Å². The Bertz CT molecular complexity index is 2590.